The third kappa shape index (κ3) is 3.21. The monoisotopic (exact) mass is 357 g/mol. The van der Waals surface area contributed by atoms with Gasteiger partial charge < -0.3 is 10.1 Å². The Morgan fingerprint density at radius 3 is 2.92 bits per heavy atom. The fourth-order valence-corrected chi connectivity index (χ4v) is 3.92. The van der Waals surface area contributed by atoms with Gasteiger partial charge in [0.25, 0.3) is 0 Å². The van der Waals surface area contributed by atoms with Gasteiger partial charge >= 0.3 is 0 Å². The molecule has 0 saturated heterocycles. The molecule has 7 nitrogen and oxygen atoms in total. The SMILES string of the molecule is COc1cccc(-c2nnc3sc(NC(=O)C4CCCCC4)nn23)c1. The fourth-order valence-electron chi connectivity index (χ4n) is 3.18. The number of methoxy groups -OCH3 is 1. The van der Waals surface area contributed by atoms with Crippen LogP contribution in [0.2, 0.25) is 0 Å². The summed E-state index contributed by atoms with van der Waals surface area (Å²) in [6, 6.07) is 7.58. The van der Waals surface area contributed by atoms with Crippen LogP contribution in [0.1, 0.15) is 32.1 Å². The molecule has 1 aliphatic rings. The second-order valence-electron chi connectivity index (χ2n) is 6.18. The number of nitrogens with zero attached hydrogens (tertiary/aromatic N) is 4. The normalized spacial score (nSPS) is 15.4. The molecule has 25 heavy (non-hydrogen) atoms. The molecule has 2 aromatic heterocycles. The molecule has 1 N–H and O–H groups in total. The van der Waals surface area contributed by atoms with Crippen molar-refractivity contribution in [1.82, 2.24) is 19.8 Å². The van der Waals surface area contributed by atoms with Gasteiger partial charge in [0.1, 0.15) is 5.75 Å². The van der Waals surface area contributed by atoms with E-state index in [1.54, 1.807) is 11.6 Å². The van der Waals surface area contributed by atoms with Crippen molar-refractivity contribution in [2.75, 3.05) is 12.4 Å². The lowest BCUT2D eigenvalue weighted by Gasteiger charge is -2.19. The van der Waals surface area contributed by atoms with Gasteiger partial charge in [0.15, 0.2) is 5.82 Å². The molecule has 0 spiro atoms. The molecule has 3 aromatic rings. The molecule has 8 heteroatoms. The largest absolute Gasteiger partial charge is 0.497 e. The smallest absolute Gasteiger partial charge is 0.236 e. The first kappa shape index (κ1) is 16.0. The third-order valence-corrected chi connectivity index (χ3v) is 5.34. The van der Waals surface area contributed by atoms with Gasteiger partial charge in [0.2, 0.25) is 16.0 Å². The van der Waals surface area contributed by atoms with E-state index < -0.39 is 0 Å². The number of hydrogen-bond acceptors (Lipinski definition) is 6. The van der Waals surface area contributed by atoms with Gasteiger partial charge in [-0.2, -0.15) is 4.52 Å². The summed E-state index contributed by atoms with van der Waals surface area (Å²) in [5.41, 5.74) is 0.863. The highest BCUT2D eigenvalue weighted by Crippen LogP contribution is 2.28. The predicted molar refractivity (Wildman–Crippen MR) is 95.9 cm³/mol. The minimum absolute atomic E-state index is 0.0626. The summed E-state index contributed by atoms with van der Waals surface area (Å²) in [5.74, 6) is 1.53. The van der Waals surface area contributed by atoms with Crippen LogP contribution < -0.4 is 10.1 Å². The summed E-state index contributed by atoms with van der Waals surface area (Å²) >= 11 is 1.33. The second-order valence-corrected chi connectivity index (χ2v) is 7.14. The van der Waals surface area contributed by atoms with Gasteiger partial charge in [-0.25, -0.2) is 0 Å². The van der Waals surface area contributed by atoms with Gasteiger partial charge in [-0.05, 0) is 25.0 Å². The number of nitrogens with one attached hydrogen (secondary N) is 1. The van der Waals surface area contributed by atoms with E-state index in [1.165, 1.54) is 17.8 Å². The zero-order valence-corrected chi connectivity index (χ0v) is 14.8. The Labute approximate surface area is 149 Å². The predicted octanol–water partition coefficient (Wildman–Crippen LogP) is 3.38. The van der Waals surface area contributed by atoms with E-state index >= 15 is 0 Å². The molecule has 0 bridgehead atoms. The number of hydrogen-bond donors (Lipinski definition) is 1. The standard InChI is InChI=1S/C17H19N5O2S/c1-24-13-9-5-8-12(10-13)14-19-20-17-22(14)21-16(25-17)18-15(23)11-6-3-2-4-7-11/h5,8-11H,2-4,6-7H2,1H3,(H,18,21,23). The number of aromatic nitrogens is 4. The van der Waals surface area contributed by atoms with E-state index in [0.29, 0.717) is 15.9 Å². The molecular weight excluding hydrogens is 338 g/mol. The summed E-state index contributed by atoms with van der Waals surface area (Å²) in [6.07, 6.45) is 5.41. The number of benzene rings is 1. The van der Waals surface area contributed by atoms with Crippen LogP contribution in [-0.2, 0) is 4.79 Å². The summed E-state index contributed by atoms with van der Waals surface area (Å²) in [7, 11) is 1.63. The van der Waals surface area contributed by atoms with Gasteiger partial charge in [0.05, 0.1) is 7.11 Å². The van der Waals surface area contributed by atoms with Crippen LogP contribution in [0.3, 0.4) is 0 Å². The number of fused-ring (bicyclic) bond motifs is 1. The number of amides is 1. The highest BCUT2D eigenvalue weighted by Gasteiger charge is 2.23. The van der Waals surface area contributed by atoms with E-state index in [1.807, 2.05) is 24.3 Å². The van der Waals surface area contributed by atoms with Gasteiger partial charge in [-0.15, -0.1) is 15.3 Å². The van der Waals surface area contributed by atoms with E-state index in [2.05, 4.69) is 20.6 Å². The van der Waals surface area contributed by atoms with Crippen molar-refractivity contribution in [3.63, 3.8) is 0 Å². The van der Waals surface area contributed by atoms with Gasteiger partial charge in [-0.3, -0.25) is 4.79 Å². The topological polar surface area (TPSA) is 81.4 Å². The Morgan fingerprint density at radius 1 is 1.28 bits per heavy atom. The van der Waals surface area contributed by atoms with Crippen molar-refractivity contribution in [2.45, 2.75) is 32.1 Å². The zero-order valence-electron chi connectivity index (χ0n) is 13.9. The lowest BCUT2D eigenvalue weighted by atomic mass is 9.89. The molecule has 2 heterocycles. The first-order chi connectivity index (χ1) is 12.2. The van der Waals surface area contributed by atoms with Crippen molar-refractivity contribution in [1.29, 1.82) is 0 Å². The minimum Gasteiger partial charge on any atom is -0.497 e. The van der Waals surface area contributed by atoms with Crippen LogP contribution in [-0.4, -0.2) is 32.8 Å². The number of carbonyl (C=O) groups is 1. The Bertz CT molecular complexity index is 897. The van der Waals surface area contributed by atoms with Gasteiger partial charge in [0, 0.05) is 11.5 Å². The average Bonchev–Trinajstić information content (AvgIpc) is 3.22. The molecule has 0 aliphatic heterocycles. The molecular formula is C17H19N5O2S. The molecule has 0 unspecified atom stereocenters. The first-order valence-electron chi connectivity index (χ1n) is 8.42. The minimum atomic E-state index is 0.0626. The lowest BCUT2D eigenvalue weighted by molar-refractivity contribution is -0.120. The maximum absolute atomic E-state index is 12.4. The molecule has 0 atom stereocenters. The Balaban J connectivity index is 1.58. The van der Waals surface area contributed by atoms with Gasteiger partial charge in [-0.1, -0.05) is 42.7 Å². The maximum atomic E-state index is 12.4. The number of ether oxygens (including phenoxy) is 1. The molecule has 4 rings (SSSR count). The fraction of sp³-hybridized carbons (Fsp3) is 0.412. The molecule has 0 radical (unpaired) electrons. The summed E-state index contributed by atoms with van der Waals surface area (Å²) < 4.78 is 6.92. The summed E-state index contributed by atoms with van der Waals surface area (Å²) in [4.78, 5) is 13.0. The van der Waals surface area contributed by atoms with Crippen molar-refractivity contribution >= 4 is 27.3 Å². The lowest BCUT2D eigenvalue weighted by Crippen LogP contribution is -2.24. The average molecular weight is 357 g/mol. The Morgan fingerprint density at radius 2 is 2.12 bits per heavy atom. The Hall–Kier alpha value is -2.48. The number of carbonyl (C=O) groups excluding carboxylic acids is 1. The van der Waals surface area contributed by atoms with Crippen molar-refractivity contribution in [3.8, 4) is 17.1 Å². The molecule has 130 valence electrons. The van der Waals surface area contributed by atoms with Crippen molar-refractivity contribution in [3.05, 3.63) is 24.3 Å². The highest BCUT2D eigenvalue weighted by molar-refractivity contribution is 7.20. The van der Waals surface area contributed by atoms with Crippen LogP contribution in [0.5, 0.6) is 5.75 Å². The summed E-state index contributed by atoms with van der Waals surface area (Å²) in [6.45, 7) is 0. The zero-order chi connectivity index (χ0) is 17.2. The van der Waals surface area contributed by atoms with Crippen LogP contribution in [0, 0.1) is 5.92 Å². The van der Waals surface area contributed by atoms with E-state index in [-0.39, 0.29) is 11.8 Å². The molecule has 1 amide bonds. The van der Waals surface area contributed by atoms with E-state index in [9.17, 15) is 4.79 Å². The van der Waals surface area contributed by atoms with E-state index in [4.69, 9.17) is 4.74 Å². The Kier molecular flexibility index (Phi) is 4.35. The third-order valence-electron chi connectivity index (χ3n) is 4.52. The van der Waals surface area contributed by atoms with Crippen LogP contribution in [0.15, 0.2) is 24.3 Å². The molecule has 1 aliphatic carbocycles. The quantitative estimate of drug-likeness (QED) is 0.774. The van der Waals surface area contributed by atoms with Crippen LogP contribution >= 0.6 is 11.3 Å². The molecule has 1 aromatic carbocycles. The summed E-state index contributed by atoms with van der Waals surface area (Å²) in [5, 5.41) is 16.4. The molecule has 1 fully saturated rings. The number of rotatable bonds is 4. The van der Waals surface area contributed by atoms with E-state index in [0.717, 1.165) is 37.0 Å². The van der Waals surface area contributed by atoms with Crippen LogP contribution in [0.4, 0.5) is 5.13 Å². The molecule has 1 saturated carbocycles. The highest BCUT2D eigenvalue weighted by atomic mass is 32.1. The maximum Gasteiger partial charge on any atom is 0.236 e. The second kappa shape index (κ2) is 6.79. The number of anilines is 1. The van der Waals surface area contributed by atoms with Crippen LogP contribution in [0.25, 0.3) is 16.3 Å². The van der Waals surface area contributed by atoms with Crippen molar-refractivity contribution in [2.24, 2.45) is 5.92 Å². The van der Waals surface area contributed by atoms with Crippen molar-refractivity contribution < 1.29 is 9.53 Å². The first-order valence-corrected chi connectivity index (χ1v) is 9.24.